The number of anilines is 1. The minimum absolute atomic E-state index is 0.00538. The lowest BCUT2D eigenvalue weighted by Gasteiger charge is -2.35. The third-order valence-corrected chi connectivity index (χ3v) is 9.58. The molecule has 214 valence electrons. The van der Waals surface area contributed by atoms with E-state index in [1.807, 2.05) is 6.92 Å². The molecule has 4 aliphatic rings. The summed E-state index contributed by atoms with van der Waals surface area (Å²) in [7, 11) is 0. The van der Waals surface area contributed by atoms with Crippen LogP contribution in [0.3, 0.4) is 0 Å². The van der Waals surface area contributed by atoms with Gasteiger partial charge in [-0.2, -0.15) is 9.97 Å². The maximum atomic E-state index is 16.7. The summed E-state index contributed by atoms with van der Waals surface area (Å²) in [5, 5.41) is 4.62. The van der Waals surface area contributed by atoms with Gasteiger partial charge in [0.05, 0.1) is 5.54 Å². The Morgan fingerprint density at radius 1 is 1.10 bits per heavy atom. The van der Waals surface area contributed by atoms with Gasteiger partial charge in [-0.25, -0.2) is 8.78 Å². The molecule has 0 saturated carbocycles. The van der Waals surface area contributed by atoms with E-state index < -0.39 is 11.6 Å². The zero-order valence-corrected chi connectivity index (χ0v) is 23.5. The number of ether oxygens (including phenoxy) is 1. The van der Waals surface area contributed by atoms with Crippen molar-refractivity contribution in [2.45, 2.75) is 63.1 Å². The Labute approximate surface area is 239 Å². The van der Waals surface area contributed by atoms with Crippen molar-refractivity contribution in [3.8, 4) is 6.01 Å². The summed E-state index contributed by atoms with van der Waals surface area (Å²) < 4.78 is 38.1. The molecule has 0 spiro atoms. The molecule has 0 radical (unpaired) electrons. The highest BCUT2D eigenvalue weighted by atomic mass is 19.1. The van der Waals surface area contributed by atoms with E-state index in [2.05, 4.69) is 31.8 Å². The second kappa shape index (κ2) is 10.4. The molecule has 3 aromatic rings. The largest absolute Gasteiger partial charge is 0.461 e. The van der Waals surface area contributed by atoms with Gasteiger partial charge >= 0.3 is 6.01 Å². The molecule has 7 nitrogen and oxygen atoms in total. The van der Waals surface area contributed by atoms with E-state index in [0.717, 1.165) is 64.7 Å². The van der Waals surface area contributed by atoms with Crippen LogP contribution in [0.4, 0.5) is 14.6 Å². The lowest BCUT2D eigenvalue weighted by molar-refractivity contribution is 0.107. The summed E-state index contributed by atoms with van der Waals surface area (Å²) in [5.41, 5.74) is 1.02. The van der Waals surface area contributed by atoms with Crippen LogP contribution in [-0.4, -0.2) is 72.0 Å². The van der Waals surface area contributed by atoms with E-state index in [-0.39, 0.29) is 22.9 Å². The highest BCUT2D eigenvalue weighted by molar-refractivity contribution is 6.00. The van der Waals surface area contributed by atoms with Crippen LogP contribution in [0.1, 0.15) is 55.3 Å². The average Bonchev–Trinajstić information content (AvgIpc) is 3.66. The molecule has 5 heterocycles. The normalized spacial score (nSPS) is 24.0. The van der Waals surface area contributed by atoms with Gasteiger partial charge in [0.25, 0.3) is 0 Å². The van der Waals surface area contributed by atoms with E-state index in [1.165, 1.54) is 6.07 Å². The topological polar surface area (TPSA) is 65.9 Å². The Balaban J connectivity index is 1.33. The van der Waals surface area contributed by atoms with Crippen molar-refractivity contribution in [3.05, 3.63) is 59.0 Å². The van der Waals surface area contributed by atoms with Crippen LogP contribution >= 0.6 is 0 Å². The lowest BCUT2D eigenvalue weighted by atomic mass is 9.95. The number of hydrogen-bond donors (Lipinski definition) is 1. The van der Waals surface area contributed by atoms with Gasteiger partial charge in [0.1, 0.15) is 29.6 Å². The molecule has 9 heteroatoms. The number of aliphatic imine (C=N–C) groups is 1. The Morgan fingerprint density at radius 2 is 1.80 bits per heavy atom. The first-order valence-electron chi connectivity index (χ1n) is 14.8. The van der Waals surface area contributed by atoms with Crippen molar-refractivity contribution >= 4 is 34.8 Å². The molecule has 0 aliphatic carbocycles. The van der Waals surface area contributed by atoms with Crippen molar-refractivity contribution in [3.63, 3.8) is 0 Å². The predicted molar refractivity (Wildman–Crippen MR) is 159 cm³/mol. The molecule has 0 amide bonds. The SMILES string of the molecule is C=N/C(=C(/F)c1nc(OCC23CCCN2CCC3)nc(N2CC3CCC(C2)N3)c1C)c1cccc2cccc(F)c12. The monoisotopic (exact) mass is 558 g/mol. The van der Waals surface area contributed by atoms with Crippen LogP contribution in [0.5, 0.6) is 6.01 Å². The number of fused-ring (bicyclic) bond motifs is 4. The lowest BCUT2D eigenvalue weighted by Crippen LogP contribution is -2.51. The Morgan fingerprint density at radius 3 is 2.51 bits per heavy atom. The van der Waals surface area contributed by atoms with Crippen LogP contribution in [0.2, 0.25) is 0 Å². The van der Waals surface area contributed by atoms with Crippen LogP contribution in [0.15, 0.2) is 41.4 Å². The molecule has 2 aromatic carbocycles. The molecule has 7 rings (SSSR count). The Kier molecular flexibility index (Phi) is 6.74. The molecule has 1 N–H and O–H groups in total. The summed E-state index contributed by atoms with van der Waals surface area (Å²) in [4.78, 5) is 18.4. The number of aromatic nitrogens is 2. The number of hydrogen-bond acceptors (Lipinski definition) is 7. The molecule has 1 aromatic heterocycles. The summed E-state index contributed by atoms with van der Waals surface area (Å²) in [5.74, 6) is -0.427. The second-order valence-corrected chi connectivity index (χ2v) is 12.0. The molecule has 4 aliphatic heterocycles. The van der Waals surface area contributed by atoms with Gasteiger partial charge < -0.3 is 15.0 Å². The highest BCUT2D eigenvalue weighted by Crippen LogP contribution is 2.40. The molecular weight excluding hydrogens is 522 g/mol. The van der Waals surface area contributed by atoms with Gasteiger partial charge in [0.15, 0.2) is 5.83 Å². The third kappa shape index (κ3) is 4.59. The Bertz CT molecular complexity index is 1510. The number of benzene rings is 2. The van der Waals surface area contributed by atoms with E-state index in [4.69, 9.17) is 9.72 Å². The van der Waals surface area contributed by atoms with Crippen LogP contribution < -0.4 is 15.0 Å². The van der Waals surface area contributed by atoms with Crippen molar-refractivity contribution in [1.82, 2.24) is 20.2 Å². The fourth-order valence-electron chi connectivity index (χ4n) is 7.58. The first-order valence-corrected chi connectivity index (χ1v) is 14.8. The maximum Gasteiger partial charge on any atom is 0.319 e. The summed E-state index contributed by atoms with van der Waals surface area (Å²) in [6.45, 7) is 9.75. The molecular formula is C32H36F2N6O. The fourth-order valence-corrected chi connectivity index (χ4v) is 7.58. The van der Waals surface area contributed by atoms with Gasteiger partial charge in [-0.3, -0.25) is 9.89 Å². The number of rotatable bonds is 7. The van der Waals surface area contributed by atoms with Gasteiger partial charge in [0, 0.05) is 41.7 Å². The quantitative estimate of drug-likeness (QED) is 0.385. The van der Waals surface area contributed by atoms with Gasteiger partial charge in [-0.1, -0.05) is 30.3 Å². The molecule has 2 bridgehead atoms. The minimum atomic E-state index is -0.665. The number of halogens is 2. The van der Waals surface area contributed by atoms with Crippen molar-refractivity contribution in [2.75, 3.05) is 37.7 Å². The molecule has 4 fully saturated rings. The van der Waals surface area contributed by atoms with Gasteiger partial charge in [-0.15, -0.1) is 0 Å². The van der Waals surface area contributed by atoms with Crippen molar-refractivity contribution in [2.24, 2.45) is 4.99 Å². The number of nitrogens with zero attached hydrogens (tertiary/aromatic N) is 5. The summed E-state index contributed by atoms with van der Waals surface area (Å²) >= 11 is 0. The van der Waals surface area contributed by atoms with Crippen LogP contribution in [-0.2, 0) is 0 Å². The van der Waals surface area contributed by atoms with E-state index in [9.17, 15) is 0 Å². The summed E-state index contributed by atoms with van der Waals surface area (Å²) in [6, 6.07) is 11.0. The van der Waals surface area contributed by atoms with Crippen molar-refractivity contribution in [1.29, 1.82) is 0 Å². The first-order chi connectivity index (χ1) is 20.0. The predicted octanol–water partition coefficient (Wildman–Crippen LogP) is 5.52. The zero-order valence-electron chi connectivity index (χ0n) is 23.5. The molecule has 4 saturated heterocycles. The molecule has 2 unspecified atom stereocenters. The zero-order chi connectivity index (χ0) is 28.1. The second-order valence-electron chi connectivity index (χ2n) is 12.0. The van der Waals surface area contributed by atoms with E-state index in [1.54, 1.807) is 30.3 Å². The molecule has 41 heavy (non-hydrogen) atoms. The van der Waals surface area contributed by atoms with Gasteiger partial charge in [0.2, 0.25) is 0 Å². The molecule has 2 atom stereocenters. The summed E-state index contributed by atoms with van der Waals surface area (Å²) in [6.07, 6.45) is 6.73. The third-order valence-electron chi connectivity index (χ3n) is 9.58. The van der Waals surface area contributed by atoms with Gasteiger partial charge in [-0.05, 0) is 76.7 Å². The van der Waals surface area contributed by atoms with Crippen molar-refractivity contribution < 1.29 is 13.5 Å². The van der Waals surface area contributed by atoms with E-state index >= 15 is 8.78 Å². The standard InChI is InChI=1S/C32H36F2N6O/c1-20-28(27(34)29(35-2)24-9-3-7-21-8-4-10-25(33)26(21)24)37-31(41-19-32-13-5-15-40(32)16-6-14-32)38-30(20)39-17-22-11-12-23(18-39)36-22/h3-4,7-10,22-23,36H,2,5-6,11-19H2,1H3/b29-27+. The van der Waals surface area contributed by atoms with E-state index in [0.29, 0.717) is 46.4 Å². The average molecular weight is 559 g/mol. The fraction of sp³-hybridized carbons (Fsp3) is 0.469. The van der Waals surface area contributed by atoms with Crippen LogP contribution in [0.25, 0.3) is 22.3 Å². The smallest absolute Gasteiger partial charge is 0.319 e. The number of nitrogens with one attached hydrogen (secondary N) is 1. The highest BCUT2D eigenvalue weighted by Gasteiger charge is 2.45. The first kappa shape index (κ1) is 26.5. The Hall–Kier alpha value is -3.43. The number of piperazine rings is 1. The minimum Gasteiger partial charge on any atom is -0.461 e. The maximum absolute atomic E-state index is 16.7. The van der Waals surface area contributed by atoms with Crippen LogP contribution in [0, 0.1) is 12.7 Å².